The van der Waals surface area contributed by atoms with Crippen LogP contribution in [-0.2, 0) is 11.3 Å². The molecule has 0 radical (unpaired) electrons. The highest BCUT2D eigenvalue weighted by Gasteiger charge is 2.10. The van der Waals surface area contributed by atoms with E-state index in [2.05, 4.69) is 26.2 Å². The van der Waals surface area contributed by atoms with E-state index in [1.165, 1.54) is 11.3 Å². The van der Waals surface area contributed by atoms with E-state index >= 15 is 0 Å². The van der Waals surface area contributed by atoms with Crippen molar-refractivity contribution < 1.29 is 9.53 Å². The van der Waals surface area contributed by atoms with Crippen molar-refractivity contribution in [2.24, 2.45) is 0 Å². The number of aromatic nitrogens is 1. The van der Waals surface area contributed by atoms with Crippen LogP contribution in [0.5, 0.6) is 0 Å². The highest BCUT2D eigenvalue weighted by Crippen LogP contribution is 2.30. The molecule has 1 heterocycles. The molecule has 0 saturated heterocycles. The number of anilines is 1. The van der Waals surface area contributed by atoms with Crippen molar-refractivity contribution in [2.45, 2.75) is 6.61 Å². The molecule has 1 aromatic heterocycles. The summed E-state index contributed by atoms with van der Waals surface area (Å²) in [5, 5.41) is 3.18. The van der Waals surface area contributed by atoms with Gasteiger partial charge in [0.25, 0.3) is 0 Å². The molecule has 3 rings (SSSR count). The molecule has 4 nitrogen and oxygen atoms in total. The van der Waals surface area contributed by atoms with Crippen LogP contribution in [0, 0.1) is 0 Å². The number of benzene rings is 2. The summed E-state index contributed by atoms with van der Waals surface area (Å²) in [6.45, 7) is 0.237. The highest BCUT2D eigenvalue weighted by atomic mass is 79.9. The minimum Gasteiger partial charge on any atom is -0.444 e. The lowest BCUT2D eigenvalue weighted by atomic mass is 10.2. The summed E-state index contributed by atoms with van der Waals surface area (Å²) in [5.41, 5.74) is 1.78. The number of nitrogens with one attached hydrogen (secondary N) is 1. The number of amides is 1. The first-order valence-corrected chi connectivity index (χ1v) is 7.86. The third-order valence-corrected chi connectivity index (χ3v) is 4.37. The predicted octanol–water partition coefficient (Wildman–Crippen LogP) is 4.81. The van der Waals surface area contributed by atoms with Gasteiger partial charge in [-0.2, -0.15) is 0 Å². The van der Waals surface area contributed by atoms with Gasteiger partial charge in [0, 0.05) is 4.47 Å². The number of hydrogen-bond donors (Lipinski definition) is 1. The number of carbonyl (C=O) groups excluding carboxylic acids is 1. The van der Waals surface area contributed by atoms with Gasteiger partial charge in [-0.05, 0) is 33.6 Å². The van der Waals surface area contributed by atoms with Crippen LogP contribution in [0.2, 0.25) is 0 Å². The van der Waals surface area contributed by atoms with Crippen molar-refractivity contribution in [1.82, 2.24) is 4.98 Å². The van der Waals surface area contributed by atoms with Gasteiger partial charge in [-0.3, -0.25) is 5.32 Å². The first-order chi connectivity index (χ1) is 10.2. The standard InChI is InChI=1S/C15H11BrN2O2S/c16-11-7-4-8-12-13(11)17-14(21-12)18-15(19)20-9-10-5-2-1-3-6-10/h1-8H,9H2,(H,17,18,19). The molecule has 0 aliphatic heterocycles. The minimum absolute atomic E-state index is 0.237. The number of nitrogens with zero attached hydrogens (tertiary/aromatic N) is 1. The highest BCUT2D eigenvalue weighted by molar-refractivity contribution is 9.10. The van der Waals surface area contributed by atoms with E-state index in [4.69, 9.17) is 4.74 Å². The zero-order valence-corrected chi connectivity index (χ0v) is 13.3. The third-order valence-electron chi connectivity index (χ3n) is 2.79. The van der Waals surface area contributed by atoms with Crippen LogP contribution in [0.15, 0.2) is 53.0 Å². The summed E-state index contributed by atoms with van der Waals surface area (Å²) in [7, 11) is 0. The molecule has 2 aromatic carbocycles. The predicted molar refractivity (Wildman–Crippen MR) is 87.6 cm³/mol. The molecule has 3 aromatic rings. The largest absolute Gasteiger partial charge is 0.444 e. The van der Waals surface area contributed by atoms with Gasteiger partial charge in [0.15, 0.2) is 5.13 Å². The molecule has 0 fully saturated rings. The van der Waals surface area contributed by atoms with Gasteiger partial charge in [-0.15, -0.1) is 0 Å². The Balaban J connectivity index is 1.65. The van der Waals surface area contributed by atoms with Crippen LogP contribution in [0.3, 0.4) is 0 Å². The van der Waals surface area contributed by atoms with Crippen LogP contribution in [0.1, 0.15) is 5.56 Å². The number of halogens is 1. The molecule has 1 N–H and O–H groups in total. The smallest absolute Gasteiger partial charge is 0.413 e. The molecule has 0 aliphatic rings. The number of thiazole rings is 1. The minimum atomic E-state index is -0.506. The van der Waals surface area contributed by atoms with Gasteiger partial charge in [0.05, 0.1) is 10.2 Å². The average molecular weight is 363 g/mol. The molecule has 0 bridgehead atoms. The summed E-state index contributed by atoms with van der Waals surface area (Å²) in [5.74, 6) is 0. The average Bonchev–Trinajstić information content (AvgIpc) is 2.90. The van der Waals surface area contributed by atoms with Gasteiger partial charge < -0.3 is 4.74 Å². The Morgan fingerprint density at radius 3 is 2.76 bits per heavy atom. The normalized spacial score (nSPS) is 10.5. The van der Waals surface area contributed by atoms with Crippen LogP contribution in [-0.4, -0.2) is 11.1 Å². The molecule has 21 heavy (non-hydrogen) atoms. The van der Waals surface area contributed by atoms with E-state index < -0.39 is 6.09 Å². The van der Waals surface area contributed by atoms with Crippen molar-refractivity contribution in [3.05, 3.63) is 58.6 Å². The second kappa shape index (κ2) is 6.24. The monoisotopic (exact) mass is 362 g/mol. The third kappa shape index (κ3) is 3.40. The van der Waals surface area contributed by atoms with E-state index in [1.807, 2.05) is 48.5 Å². The van der Waals surface area contributed by atoms with Crippen LogP contribution in [0.4, 0.5) is 9.93 Å². The van der Waals surface area contributed by atoms with E-state index in [1.54, 1.807) is 0 Å². The van der Waals surface area contributed by atoms with Crippen molar-refractivity contribution in [3.8, 4) is 0 Å². The quantitative estimate of drug-likeness (QED) is 0.727. The fraction of sp³-hybridized carbons (Fsp3) is 0.0667. The van der Waals surface area contributed by atoms with E-state index in [0.29, 0.717) is 5.13 Å². The van der Waals surface area contributed by atoms with Gasteiger partial charge in [0.1, 0.15) is 6.61 Å². The fourth-order valence-electron chi connectivity index (χ4n) is 1.81. The Labute approximate surface area is 133 Å². The SMILES string of the molecule is O=C(Nc1nc2c(Br)cccc2s1)OCc1ccccc1. The van der Waals surface area contributed by atoms with Gasteiger partial charge in [-0.1, -0.05) is 47.7 Å². The zero-order chi connectivity index (χ0) is 14.7. The second-order valence-electron chi connectivity index (χ2n) is 4.29. The summed E-state index contributed by atoms with van der Waals surface area (Å²) in [4.78, 5) is 16.1. The molecule has 6 heteroatoms. The van der Waals surface area contributed by atoms with Crippen molar-refractivity contribution in [2.75, 3.05) is 5.32 Å². The van der Waals surface area contributed by atoms with E-state index in [0.717, 1.165) is 20.3 Å². The number of carbonyl (C=O) groups is 1. The van der Waals surface area contributed by atoms with Gasteiger partial charge in [-0.25, -0.2) is 9.78 Å². The van der Waals surface area contributed by atoms with Gasteiger partial charge in [0.2, 0.25) is 0 Å². The molecule has 0 aliphatic carbocycles. The van der Waals surface area contributed by atoms with Crippen LogP contribution < -0.4 is 5.32 Å². The maximum atomic E-state index is 11.8. The first-order valence-electron chi connectivity index (χ1n) is 6.25. The van der Waals surface area contributed by atoms with Gasteiger partial charge >= 0.3 is 6.09 Å². The number of ether oxygens (including phenoxy) is 1. The topological polar surface area (TPSA) is 51.2 Å². The van der Waals surface area contributed by atoms with Crippen LogP contribution >= 0.6 is 27.3 Å². The van der Waals surface area contributed by atoms with Crippen molar-refractivity contribution in [1.29, 1.82) is 0 Å². The van der Waals surface area contributed by atoms with Crippen molar-refractivity contribution >= 4 is 48.7 Å². The van der Waals surface area contributed by atoms with E-state index in [-0.39, 0.29) is 6.61 Å². The molecule has 0 saturated carbocycles. The molecule has 1 amide bonds. The summed E-state index contributed by atoms with van der Waals surface area (Å²) >= 11 is 4.85. The number of para-hydroxylation sites is 1. The zero-order valence-electron chi connectivity index (χ0n) is 10.9. The number of hydrogen-bond acceptors (Lipinski definition) is 4. The fourth-order valence-corrected chi connectivity index (χ4v) is 3.28. The summed E-state index contributed by atoms with van der Waals surface area (Å²) in [6.07, 6.45) is -0.506. The Morgan fingerprint density at radius 1 is 1.19 bits per heavy atom. The molecule has 0 atom stereocenters. The lowest BCUT2D eigenvalue weighted by molar-refractivity contribution is 0.155. The maximum Gasteiger partial charge on any atom is 0.413 e. The molecular formula is C15H11BrN2O2S. The number of fused-ring (bicyclic) bond motifs is 1. The van der Waals surface area contributed by atoms with Crippen LogP contribution in [0.25, 0.3) is 10.2 Å². The lowest BCUT2D eigenvalue weighted by Gasteiger charge is -2.04. The molecular weight excluding hydrogens is 352 g/mol. The first kappa shape index (κ1) is 14.0. The second-order valence-corrected chi connectivity index (χ2v) is 6.18. The summed E-state index contributed by atoms with van der Waals surface area (Å²) < 4.78 is 7.07. The van der Waals surface area contributed by atoms with E-state index in [9.17, 15) is 4.79 Å². The lowest BCUT2D eigenvalue weighted by Crippen LogP contribution is -2.13. The Hall–Kier alpha value is -1.92. The molecule has 0 spiro atoms. The number of rotatable bonds is 3. The maximum absolute atomic E-state index is 11.8. The Kier molecular flexibility index (Phi) is 4.17. The molecule has 0 unspecified atom stereocenters. The Morgan fingerprint density at radius 2 is 2.00 bits per heavy atom. The Bertz CT molecular complexity index is 774. The summed E-state index contributed by atoms with van der Waals surface area (Å²) in [6, 6.07) is 15.3. The molecule has 106 valence electrons. The van der Waals surface area contributed by atoms with Crippen molar-refractivity contribution in [3.63, 3.8) is 0 Å².